The minimum absolute atomic E-state index is 0.648. The summed E-state index contributed by atoms with van der Waals surface area (Å²) in [5, 5.41) is 12.0. The summed E-state index contributed by atoms with van der Waals surface area (Å²) in [4.78, 5) is 2.40. The van der Waals surface area contributed by atoms with Crippen LogP contribution < -0.4 is 5.32 Å². The van der Waals surface area contributed by atoms with Gasteiger partial charge in [-0.1, -0.05) is 20.8 Å². The van der Waals surface area contributed by atoms with Crippen molar-refractivity contribution in [3.05, 3.63) is 0 Å². The van der Waals surface area contributed by atoms with Crippen LogP contribution >= 0.6 is 0 Å². The molecule has 0 aromatic rings. The first-order chi connectivity index (χ1) is 7.70. The van der Waals surface area contributed by atoms with Crippen LogP contribution in [0.25, 0.3) is 0 Å². The highest BCUT2D eigenvalue weighted by atomic mass is 15.1. The molecule has 3 nitrogen and oxygen atoms in total. The van der Waals surface area contributed by atoms with Gasteiger partial charge >= 0.3 is 0 Å². The van der Waals surface area contributed by atoms with E-state index in [2.05, 4.69) is 37.1 Å². The Morgan fingerprint density at radius 2 is 2.00 bits per heavy atom. The van der Waals surface area contributed by atoms with Crippen molar-refractivity contribution < 1.29 is 0 Å². The van der Waals surface area contributed by atoms with Gasteiger partial charge in [0.1, 0.15) is 0 Å². The highest BCUT2D eigenvalue weighted by Gasteiger charge is 2.06. The molecule has 0 atom stereocenters. The van der Waals surface area contributed by atoms with Crippen molar-refractivity contribution in [2.45, 2.75) is 40.0 Å². The third-order valence-corrected chi connectivity index (χ3v) is 2.42. The van der Waals surface area contributed by atoms with E-state index in [0.717, 1.165) is 32.7 Å². The van der Waals surface area contributed by atoms with Gasteiger partial charge in [0.05, 0.1) is 6.07 Å². The van der Waals surface area contributed by atoms with Crippen LogP contribution in [0, 0.1) is 17.2 Å². The van der Waals surface area contributed by atoms with E-state index in [-0.39, 0.29) is 0 Å². The van der Waals surface area contributed by atoms with Crippen molar-refractivity contribution >= 4 is 0 Å². The van der Waals surface area contributed by atoms with Crippen LogP contribution in [0.5, 0.6) is 0 Å². The first-order valence-electron chi connectivity index (χ1n) is 6.50. The topological polar surface area (TPSA) is 39.1 Å². The standard InChI is InChI=1S/C13H27N3/c1-4-8-15-9-6-11-16(10-5-7-14)12-13(2)3/h13,15H,4-6,8-12H2,1-3H3. The van der Waals surface area contributed by atoms with Crippen molar-refractivity contribution in [2.24, 2.45) is 5.92 Å². The van der Waals surface area contributed by atoms with Crippen LogP contribution in [0.15, 0.2) is 0 Å². The molecule has 0 aliphatic heterocycles. The van der Waals surface area contributed by atoms with E-state index in [1.807, 2.05) is 0 Å². The normalized spacial score (nSPS) is 11.0. The van der Waals surface area contributed by atoms with E-state index >= 15 is 0 Å². The van der Waals surface area contributed by atoms with Gasteiger partial charge in [-0.25, -0.2) is 0 Å². The minimum Gasteiger partial charge on any atom is -0.317 e. The maximum atomic E-state index is 8.60. The molecule has 0 aliphatic rings. The summed E-state index contributed by atoms with van der Waals surface area (Å²) < 4.78 is 0. The van der Waals surface area contributed by atoms with Crippen LogP contribution in [0.4, 0.5) is 0 Å². The highest BCUT2D eigenvalue weighted by Crippen LogP contribution is 2.00. The van der Waals surface area contributed by atoms with Gasteiger partial charge in [0, 0.05) is 19.5 Å². The molecule has 0 saturated heterocycles. The molecule has 1 N–H and O–H groups in total. The first-order valence-corrected chi connectivity index (χ1v) is 6.50. The quantitative estimate of drug-likeness (QED) is 0.580. The van der Waals surface area contributed by atoms with Gasteiger partial charge in [0.15, 0.2) is 0 Å². The van der Waals surface area contributed by atoms with Crippen molar-refractivity contribution in [3.8, 4) is 6.07 Å². The molecule has 94 valence electrons. The molecule has 0 rings (SSSR count). The Kier molecular flexibility index (Phi) is 10.5. The summed E-state index contributed by atoms with van der Waals surface area (Å²) in [6.07, 6.45) is 3.03. The molecule has 3 heteroatoms. The maximum Gasteiger partial charge on any atom is 0.0635 e. The first kappa shape index (κ1) is 15.4. The fourth-order valence-corrected chi connectivity index (χ4v) is 1.75. The molecule has 0 amide bonds. The number of hydrogen-bond acceptors (Lipinski definition) is 3. The third kappa shape index (κ3) is 9.95. The van der Waals surface area contributed by atoms with Crippen LogP contribution in [0.1, 0.15) is 40.0 Å². The van der Waals surface area contributed by atoms with Gasteiger partial charge in [-0.3, -0.25) is 0 Å². The SMILES string of the molecule is CCCNCCCN(CCC#N)CC(C)C. The number of rotatable bonds is 10. The lowest BCUT2D eigenvalue weighted by Crippen LogP contribution is -2.31. The monoisotopic (exact) mass is 225 g/mol. The zero-order valence-corrected chi connectivity index (χ0v) is 11.1. The fourth-order valence-electron chi connectivity index (χ4n) is 1.75. The smallest absolute Gasteiger partial charge is 0.0635 e. The second kappa shape index (κ2) is 10.9. The zero-order chi connectivity index (χ0) is 12.2. The average molecular weight is 225 g/mol. The van der Waals surface area contributed by atoms with Crippen LogP contribution in [0.2, 0.25) is 0 Å². The lowest BCUT2D eigenvalue weighted by Gasteiger charge is -2.23. The Hall–Kier alpha value is -0.590. The zero-order valence-electron chi connectivity index (χ0n) is 11.1. The number of hydrogen-bond donors (Lipinski definition) is 1. The predicted molar refractivity (Wildman–Crippen MR) is 69.3 cm³/mol. The molecular weight excluding hydrogens is 198 g/mol. The summed E-state index contributed by atoms with van der Waals surface area (Å²) in [7, 11) is 0. The number of nitrogens with zero attached hydrogens (tertiary/aromatic N) is 2. The third-order valence-electron chi connectivity index (χ3n) is 2.42. The van der Waals surface area contributed by atoms with Gasteiger partial charge in [-0.15, -0.1) is 0 Å². The van der Waals surface area contributed by atoms with Crippen molar-refractivity contribution in [1.29, 1.82) is 5.26 Å². The second-order valence-corrected chi connectivity index (χ2v) is 4.71. The van der Waals surface area contributed by atoms with Gasteiger partial charge in [-0.05, 0) is 38.4 Å². The molecule has 0 heterocycles. The Morgan fingerprint density at radius 3 is 2.56 bits per heavy atom. The Balaban J connectivity index is 3.61. The molecule has 0 unspecified atom stereocenters. The lowest BCUT2D eigenvalue weighted by molar-refractivity contribution is 0.245. The highest BCUT2D eigenvalue weighted by molar-refractivity contribution is 4.73. The van der Waals surface area contributed by atoms with Crippen LogP contribution in [-0.2, 0) is 0 Å². The van der Waals surface area contributed by atoms with Crippen LogP contribution in [-0.4, -0.2) is 37.6 Å². The van der Waals surface area contributed by atoms with E-state index in [9.17, 15) is 0 Å². The van der Waals surface area contributed by atoms with E-state index in [0.29, 0.717) is 12.3 Å². The van der Waals surface area contributed by atoms with Crippen LogP contribution in [0.3, 0.4) is 0 Å². The Bertz CT molecular complexity index is 184. The van der Waals surface area contributed by atoms with E-state index in [4.69, 9.17) is 5.26 Å². The summed E-state index contributed by atoms with van der Waals surface area (Å²) in [6, 6.07) is 2.22. The Labute approximate surface area is 101 Å². The molecular formula is C13H27N3. The van der Waals surface area contributed by atoms with Gasteiger partial charge in [0.25, 0.3) is 0 Å². The molecule has 0 aromatic heterocycles. The maximum absolute atomic E-state index is 8.60. The van der Waals surface area contributed by atoms with Crippen molar-refractivity contribution in [1.82, 2.24) is 10.2 Å². The molecule has 0 saturated carbocycles. The summed E-state index contributed by atoms with van der Waals surface area (Å²) in [6.45, 7) is 12.0. The van der Waals surface area contributed by atoms with Gasteiger partial charge in [-0.2, -0.15) is 5.26 Å². The van der Waals surface area contributed by atoms with Gasteiger partial charge in [0.2, 0.25) is 0 Å². The predicted octanol–water partition coefficient (Wildman–Crippen LogP) is 2.25. The molecule has 0 aromatic carbocycles. The molecule has 0 spiro atoms. The van der Waals surface area contributed by atoms with E-state index in [1.54, 1.807) is 0 Å². The molecule has 0 bridgehead atoms. The van der Waals surface area contributed by atoms with E-state index in [1.165, 1.54) is 12.8 Å². The molecule has 0 fully saturated rings. The number of nitrogens with one attached hydrogen (secondary N) is 1. The Morgan fingerprint density at radius 1 is 1.25 bits per heavy atom. The second-order valence-electron chi connectivity index (χ2n) is 4.71. The lowest BCUT2D eigenvalue weighted by atomic mass is 10.2. The van der Waals surface area contributed by atoms with Gasteiger partial charge < -0.3 is 10.2 Å². The summed E-state index contributed by atoms with van der Waals surface area (Å²) >= 11 is 0. The minimum atomic E-state index is 0.648. The van der Waals surface area contributed by atoms with E-state index < -0.39 is 0 Å². The van der Waals surface area contributed by atoms with Crippen molar-refractivity contribution in [3.63, 3.8) is 0 Å². The summed E-state index contributed by atoms with van der Waals surface area (Å²) in [5.41, 5.74) is 0. The molecule has 0 radical (unpaired) electrons. The summed E-state index contributed by atoms with van der Waals surface area (Å²) in [5.74, 6) is 0.683. The fraction of sp³-hybridized carbons (Fsp3) is 0.923. The largest absolute Gasteiger partial charge is 0.317 e. The average Bonchev–Trinajstić information content (AvgIpc) is 2.24. The van der Waals surface area contributed by atoms with Crippen molar-refractivity contribution in [2.75, 3.05) is 32.7 Å². The molecule has 0 aliphatic carbocycles. The number of nitriles is 1. The molecule has 16 heavy (non-hydrogen) atoms.